The maximum Gasteiger partial charge on any atom is 0.412 e. The molecule has 120 valence electrons. The Labute approximate surface area is 124 Å². The van der Waals surface area contributed by atoms with E-state index >= 15 is 0 Å². The van der Waals surface area contributed by atoms with Crippen molar-refractivity contribution in [1.82, 2.24) is 10.6 Å². The van der Waals surface area contributed by atoms with E-state index in [9.17, 15) is 22.8 Å². The van der Waals surface area contributed by atoms with E-state index in [0.717, 1.165) is 7.11 Å². The van der Waals surface area contributed by atoms with Gasteiger partial charge in [0, 0.05) is 0 Å². The number of nitrogens with one attached hydrogen (secondary N) is 2. The average Bonchev–Trinajstić information content (AvgIpc) is 3.24. The molecule has 0 bridgehead atoms. The largest absolute Gasteiger partial charge is 0.467 e. The lowest BCUT2D eigenvalue weighted by Crippen LogP contribution is -2.51. The molecule has 0 unspecified atom stereocenters. The summed E-state index contributed by atoms with van der Waals surface area (Å²) < 4.78 is 43.8. The Morgan fingerprint density at radius 1 is 1.23 bits per heavy atom. The zero-order valence-corrected chi connectivity index (χ0v) is 11.7. The first kappa shape index (κ1) is 16.1. The van der Waals surface area contributed by atoms with Gasteiger partial charge in [0.1, 0.15) is 5.54 Å². The highest BCUT2D eigenvalue weighted by Crippen LogP contribution is 2.37. The molecule has 1 saturated carbocycles. The van der Waals surface area contributed by atoms with Crippen molar-refractivity contribution in [2.75, 3.05) is 7.11 Å². The lowest BCUT2D eigenvalue weighted by atomic mass is 10.1. The summed E-state index contributed by atoms with van der Waals surface area (Å²) in [6.07, 6.45) is -3.97. The predicted molar refractivity (Wildman–Crippen MR) is 70.9 cm³/mol. The maximum atomic E-state index is 13.1. The zero-order chi connectivity index (χ0) is 16.4. The monoisotopic (exact) mass is 316 g/mol. The molecular weight excluding hydrogens is 301 g/mol. The van der Waals surface area contributed by atoms with E-state index in [1.54, 1.807) is 6.07 Å². The van der Waals surface area contributed by atoms with E-state index in [-0.39, 0.29) is 5.56 Å². The fourth-order valence-electron chi connectivity index (χ4n) is 2.08. The van der Waals surface area contributed by atoms with Gasteiger partial charge in [0.05, 0.1) is 7.11 Å². The molecule has 2 amide bonds. The van der Waals surface area contributed by atoms with Crippen molar-refractivity contribution in [1.29, 1.82) is 0 Å². The number of halogens is 3. The standard InChI is InChI=1S/C14H15F3N2O3/c1-22-11(20)13(7-8-13)19-12(21)18-10(14(15,16)17)9-5-3-2-4-6-9/h2-6,10H,7-8H2,1H3,(H2,18,19,21)/t10-/m0/s1. The number of hydrogen-bond acceptors (Lipinski definition) is 3. The van der Waals surface area contributed by atoms with Gasteiger partial charge in [-0.2, -0.15) is 13.2 Å². The van der Waals surface area contributed by atoms with Crippen LogP contribution in [0.2, 0.25) is 0 Å². The van der Waals surface area contributed by atoms with Crippen molar-refractivity contribution >= 4 is 12.0 Å². The van der Waals surface area contributed by atoms with Crippen LogP contribution in [0.5, 0.6) is 0 Å². The van der Waals surface area contributed by atoms with Gasteiger partial charge in [-0.3, -0.25) is 0 Å². The molecule has 0 spiro atoms. The fraction of sp³-hybridized carbons (Fsp3) is 0.429. The van der Waals surface area contributed by atoms with Gasteiger partial charge in [-0.15, -0.1) is 0 Å². The first-order valence-electron chi connectivity index (χ1n) is 6.57. The minimum Gasteiger partial charge on any atom is -0.467 e. The van der Waals surface area contributed by atoms with Crippen LogP contribution >= 0.6 is 0 Å². The van der Waals surface area contributed by atoms with Gasteiger partial charge in [0.25, 0.3) is 0 Å². The summed E-state index contributed by atoms with van der Waals surface area (Å²) in [7, 11) is 1.16. The number of rotatable bonds is 4. The summed E-state index contributed by atoms with van der Waals surface area (Å²) >= 11 is 0. The minimum absolute atomic E-state index is 0.0898. The maximum absolute atomic E-state index is 13.1. The van der Waals surface area contributed by atoms with Crippen LogP contribution in [0.15, 0.2) is 30.3 Å². The molecule has 0 saturated heterocycles. The molecule has 1 atom stereocenters. The van der Waals surface area contributed by atoms with Crippen molar-refractivity contribution in [2.24, 2.45) is 0 Å². The highest BCUT2D eigenvalue weighted by molar-refractivity contribution is 5.90. The second-order valence-corrected chi connectivity index (χ2v) is 5.06. The molecule has 2 N–H and O–H groups in total. The van der Waals surface area contributed by atoms with Crippen molar-refractivity contribution < 1.29 is 27.5 Å². The van der Waals surface area contributed by atoms with Crippen LogP contribution in [0.3, 0.4) is 0 Å². The van der Waals surface area contributed by atoms with Gasteiger partial charge in [-0.25, -0.2) is 9.59 Å². The Hall–Kier alpha value is -2.25. The number of esters is 1. The van der Waals surface area contributed by atoms with Crippen molar-refractivity contribution in [3.8, 4) is 0 Å². The van der Waals surface area contributed by atoms with Crippen molar-refractivity contribution in [3.63, 3.8) is 0 Å². The second-order valence-electron chi connectivity index (χ2n) is 5.06. The third kappa shape index (κ3) is 3.49. The van der Waals surface area contributed by atoms with Gasteiger partial charge in [0.15, 0.2) is 6.04 Å². The second kappa shape index (κ2) is 5.86. The molecule has 0 aromatic heterocycles. The van der Waals surface area contributed by atoms with Crippen LogP contribution in [0, 0.1) is 0 Å². The molecule has 0 aliphatic heterocycles. The third-order valence-electron chi connectivity index (χ3n) is 3.41. The minimum atomic E-state index is -4.65. The Bertz CT molecular complexity index is 556. The van der Waals surface area contributed by atoms with E-state index in [2.05, 4.69) is 10.1 Å². The smallest absolute Gasteiger partial charge is 0.412 e. The van der Waals surface area contributed by atoms with Gasteiger partial charge in [-0.1, -0.05) is 30.3 Å². The first-order chi connectivity index (χ1) is 10.3. The normalized spacial score (nSPS) is 17.3. The number of amides is 2. The summed E-state index contributed by atoms with van der Waals surface area (Å²) in [6, 6.07) is 3.80. The highest BCUT2D eigenvalue weighted by Gasteiger charge is 2.53. The number of alkyl halides is 3. The van der Waals surface area contributed by atoms with Crippen LogP contribution in [-0.2, 0) is 9.53 Å². The molecule has 1 aliphatic rings. The summed E-state index contributed by atoms with van der Waals surface area (Å²) in [4.78, 5) is 23.3. The molecule has 22 heavy (non-hydrogen) atoms. The number of hydrogen-bond donors (Lipinski definition) is 2. The van der Waals surface area contributed by atoms with E-state index < -0.39 is 29.8 Å². The SMILES string of the molecule is COC(=O)C1(NC(=O)N[C@@H](c2ccccc2)C(F)(F)F)CC1. The number of carbonyl (C=O) groups excluding carboxylic acids is 2. The van der Waals surface area contributed by atoms with Crippen LogP contribution < -0.4 is 10.6 Å². The Balaban J connectivity index is 2.09. The first-order valence-corrected chi connectivity index (χ1v) is 6.57. The summed E-state index contributed by atoms with van der Waals surface area (Å²) in [6.45, 7) is 0. The molecule has 8 heteroatoms. The van der Waals surface area contributed by atoms with Crippen LogP contribution in [0.25, 0.3) is 0 Å². The number of urea groups is 1. The van der Waals surface area contributed by atoms with Crippen molar-refractivity contribution in [3.05, 3.63) is 35.9 Å². The zero-order valence-electron chi connectivity index (χ0n) is 11.7. The van der Waals surface area contributed by atoms with Gasteiger partial charge in [0.2, 0.25) is 0 Å². The Kier molecular flexibility index (Phi) is 4.30. The lowest BCUT2D eigenvalue weighted by molar-refractivity contribution is -0.155. The molecule has 0 heterocycles. The van der Waals surface area contributed by atoms with Crippen molar-refractivity contribution in [2.45, 2.75) is 30.6 Å². The number of methoxy groups -OCH3 is 1. The van der Waals surface area contributed by atoms with Crippen LogP contribution in [0.1, 0.15) is 24.4 Å². The van der Waals surface area contributed by atoms with E-state index in [1.807, 2.05) is 5.32 Å². The van der Waals surface area contributed by atoms with Crippen LogP contribution in [-0.4, -0.2) is 30.8 Å². The molecule has 2 rings (SSSR count). The fourth-order valence-corrected chi connectivity index (χ4v) is 2.08. The molecule has 1 aliphatic carbocycles. The quantitative estimate of drug-likeness (QED) is 0.838. The lowest BCUT2D eigenvalue weighted by Gasteiger charge is -2.23. The molecule has 0 radical (unpaired) electrons. The van der Waals surface area contributed by atoms with E-state index in [1.165, 1.54) is 24.3 Å². The molecular formula is C14H15F3N2O3. The Morgan fingerprint density at radius 2 is 1.82 bits per heavy atom. The molecule has 1 aromatic carbocycles. The Morgan fingerprint density at radius 3 is 2.27 bits per heavy atom. The van der Waals surface area contributed by atoms with E-state index in [4.69, 9.17) is 0 Å². The summed E-state index contributed by atoms with van der Waals surface area (Å²) in [5, 5.41) is 4.13. The van der Waals surface area contributed by atoms with Gasteiger partial charge < -0.3 is 15.4 Å². The number of ether oxygens (including phenoxy) is 1. The number of benzene rings is 1. The number of carbonyl (C=O) groups is 2. The summed E-state index contributed by atoms with van der Waals surface area (Å²) in [5.74, 6) is -0.661. The van der Waals surface area contributed by atoms with E-state index in [0.29, 0.717) is 12.8 Å². The predicted octanol–water partition coefficient (Wildman–Crippen LogP) is 2.29. The molecule has 1 aromatic rings. The van der Waals surface area contributed by atoms with Gasteiger partial charge >= 0.3 is 18.2 Å². The highest BCUT2D eigenvalue weighted by atomic mass is 19.4. The topological polar surface area (TPSA) is 67.4 Å². The molecule has 5 nitrogen and oxygen atoms in total. The van der Waals surface area contributed by atoms with Gasteiger partial charge in [-0.05, 0) is 18.4 Å². The molecule has 1 fully saturated rings. The average molecular weight is 316 g/mol. The van der Waals surface area contributed by atoms with Crippen LogP contribution in [0.4, 0.5) is 18.0 Å². The third-order valence-corrected chi connectivity index (χ3v) is 3.41. The summed E-state index contributed by atoms with van der Waals surface area (Å²) in [5.41, 5.74) is -1.29.